The van der Waals surface area contributed by atoms with E-state index in [1.54, 1.807) is 12.1 Å². The van der Waals surface area contributed by atoms with E-state index in [9.17, 15) is 4.79 Å². The van der Waals surface area contributed by atoms with Crippen molar-refractivity contribution in [2.24, 2.45) is 0 Å². The molecule has 0 N–H and O–H groups in total. The van der Waals surface area contributed by atoms with Crippen LogP contribution in [0.4, 0.5) is 0 Å². The van der Waals surface area contributed by atoms with E-state index < -0.39 is 0 Å². The van der Waals surface area contributed by atoms with E-state index >= 15 is 0 Å². The second kappa shape index (κ2) is 6.25. The molecule has 3 heteroatoms. The van der Waals surface area contributed by atoms with Crippen molar-refractivity contribution >= 4 is 17.4 Å². The van der Waals surface area contributed by atoms with Crippen LogP contribution in [-0.2, 0) is 6.54 Å². The second-order valence-electron chi connectivity index (χ2n) is 5.16. The van der Waals surface area contributed by atoms with E-state index in [4.69, 9.17) is 11.6 Å². The molecule has 0 saturated heterocycles. The molecule has 2 nitrogen and oxygen atoms in total. The van der Waals surface area contributed by atoms with Gasteiger partial charge < -0.3 is 0 Å². The lowest BCUT2D eigenvalue weighted by Gasteiger charge is -2.17. The fourth-order valence-corrected chi connectivity index (χ4v) is 2.75. The average molecular weight is 298 g/mol. The first-order valence-electron chi connectivity index (χ1n) is 6.99. The Hall–Kier alpha value is -1.90. The molecule has 1 aliphatic heterocycles. The molecule has 0 atom stereocenters. The third-order valence-corrected chi connectivity index (χ3v) is 3.87. The highest BCUT2D eigenvalue weighted by Crippen LogP contribution is 2.19. The summed E-state index contributed by atoms with van der Waals surface area (Å²) in [6.45, 7) is 2.68. The van der Waals surface area contributed by atoms with Gasteiger partial charge in [-0.25, -0.2) is 0 Å². The van der Waals surface area contributed by atoms with E-state index in [0.717, 1.165) is 30.8 Å². The van der Waals surface area contributed by atoms with E-state index in [0.29, 0.717) is 10.6 Å². The van der Waals surface area contributed by atoms with Gasteiger partial charge in [0.05, 0.1) is 0 Å². The molecule has 0 aromatic heterocycles. The Morgan fingerprint density at radius 3 is 2.57 bits per heavy atom. The van der Waals surface area contributed by atoms with Crippen molar-refractivity contribution in [3.8, 4) is 0 Å². The molecular formula is C18H16ClNO. The van der Waals surface area contributed by atoms with Crippen molar-refractivity contribution in [2.45, 2.75) is 6.54 Å². The van der Waals surface area contributed by atoms with Crippen LogP contribution in [0, 0.1) is 0 Å². The van der Waals surface area contributed by atoms with Crippen molar-refractivity contribution in [2.75, 3.05) is 13.1 Å². The van der Waals surface area contributed by atoms with Crippen LogP contribution in [0.25, 0.3) is 0 Å². The second-order valence-corrected chi connectivity index (χ2v) is 5.60. The van der Waals surface area contributed by atoms with E-state index in [-0.39, 0.29) is 5.78 Å². The molecule has 0 unspecified atom stereocenters. The Bertz CT molecular complexity index is 685. The minimum atomic E-state index is 0.0280. The molecule has 2 aromatic carbocycles. The smallest absolute Gasteiger partial charge is 0.193 e. The van der Waals surface area contributed by atoms with Gasteiger partial charge in [0.15, 0.2) is 5.78 Å². The van der Waals surface area contributed by atoms with Crippen molar-refractivity contribution in [1.82, 2.24) is 4.90 Å². The van der Waals surface area contributed by atoms with Gasteiger partial charge in [0.25, 0.3) is 0 Å². The maximum Gasteiger partial charge on any atom is 0.193 e. The molecule has 0 saturated carbocycles. The number of hydrogen-bond acceptors (Lipinski definition) is 2. The van der Waals surface area contributed by atoms with Crippen molar-refractivity contribution < 1.29 is 4.79 Å². The number of nitrogens with zero attached hydrogens (tertiary/aromatic N) is 1. The minimum absolute atomic E-state index is 0.0280. The highest BCUT2D eigenvalue weighted by molar-refractivity contribution is 6.31. The highest BCUT2D eigenvalue weighted by atomic mass is 35.5. The largest absolute Gasteiger partial charge is 0.292 e. The average Bonchev–Trinajstić information content (AvgIpc) is 3.00. The van der Waals surface area contributed by atoms with E-state index in [1.807, 2.05) is 36.4 Å². The number of rotatable bonds is 4. The zero-order valence-corrected chi connectivity index (χ0v) is 12.4. The lowest BCUT2D eigenvalue weighted by Crippen LogP contribution is -2.21. The molecule has 21 heavy (non-hydrogen) atoms. The molecule has 1 heterocycles. The monoisotopic (exact) mass is 297 g/mol. The molecule has 0 spiro atoms. The molecule has 3 rings (SSSR count). The van der Waals surface area contributed by atoms with Crippen molar-refractivity contribution in [3.63, 3.8) is 0 Å². The fourth-order valence-electron chi connectivity index (χ4n) is 2.56. The normalized spacial score (nSPS) is 14.5. The summed E-state index contributed by atoms with van der Waals surface area (Å²) < 4.78 is 0. The molecule has 0 fully saturated rings. The van der Waals surface area contributed by atoms with E-state index in [1.165, 1.54) is 0 Å². The molecule has 0 bridgehead atoms. The van der Waals surface area contributed by atoms with Gasteiger partial charge in [0.1, 0.15) is 0 Å². The first-order chi connectivity index (χ1) is 10.2. The van der Waals surface area contributed by atoms with Crippen molar-refractivity contribution in [3.05, 3.63) is 82.4 Å². The van der Waals surface area contributed by atoms with Crippen LogP contribution >= 0.6 is 11.6 Å². The van der Waals surface area contributed by atoms with Crippen LogP contribution < -0.4 is 0 Å². The van der Waals surface area contributed by atoms with Crippen LogP contribution in [0.1, 0.15) is 21.5 Å². The van der Waals surface area contributed by atoms with Gasteiger partial charge in [-0.3, -0.25) is 9.69 Å². The van der Waals surface area contributed by atoms with Gasteiger partial charge in [0, 0.05) is 35.8 Å². The Labute approximate surface area is 129 Å². The standard InChI is InChI=1S/C18H16ClNO/c19-16-8-5-7-14(12-16)18(21)17-9-2-1-6-15(17)13-20-10-3-4-11-20/h1-9,12H,10-11,13H2. The molecule has 106 valence electrons. The summed E-state index contributed by atoms with van der Waals surface area (Å²) in [5, 5.41) is 0.585. The molecule has 0 aliphatic carbocycles. The Kier molecular flexibility index (Phi) is 4.18. The number of carbonyl (C=O) groups excluding carboxylic acids is 1. The minimum Gasteiger partial charge on any atom is -0.292 e. The van der Waals surface area contributed by atoms with Gasteiger partial charge in [-0.2, -0.15) is 0 Å². The van der Waals surface area contributed by atoms with Crippen LogP contribution in [0.2, 0.25) is 5.02 Å². The summed E-state index contributed by atoms with van der Waals surface area (Å²) in [6, 6.07) is 14.9. The Morgan fingerprint density at radius 1 is 1.05 bits per heavy atom. The topological polar surface area (TPSA) is 20.3 Å². The zero-order chi connectivity index (χ0) is 14.7. The van der Waals surface area contributed by atoms with Crippen LogP contribution in [0.5, 0.6) is 0 Å². The predicted octanol–water partition coefficient (Wildman–Crippen LogP) is 3.94. The number of halogens is 1. The molecule has 2 aromatic rings. The molecular weight excluding hydrogens is 282 g/mol. The summed E-state index contributed by atoms with van der Waals surface area (Å²) in [5.74, 6) is 0.0280. The van der Waals surface area contributed by atoms with Gasteiger partial charge >= 0.3 is 0 Å². The number of hydrogen-bond donors (Lipinski definition) is 0. The SMILES string of the molecule is O=C(c1cccc(Cl)c1)c1ccccc1CN1CC=CC1. The lowest BCUT2D eigenvalue weighted by molar-refractivity contribution is 0.103. The van der Waals surface area contributed by atoms with Gasteiger partial charge in [-0.15, -0.1) is 0 Å². The Morgan fingerprint density at radius 2 is 1.81 bits per heavy atom. The Balaban J connectivity index is 1.89. The zero-order valence-electron chi connectivity index (χ0n) is 11.6. The molecule has 1 aliphatic rings. The van der Waals surface area contributed by atoms with Crippen molar-refractivity contribution in [1.29, 1.82) is 0 Å². The van der Waals surface area contributed by atoms with Crippen LogP contribution in [0.3, 0.4) is 0 Å². The summed E-state index contributed by atoms with van der Waals surface area (Å²) >= 11 is 5.98. The number of carbonyl (C=O) groups is 1. The molecule has 0 amide bonds. The van der Waals surface area contributed by atoms with Gasteiger partial charge in [0.2, 0.25) is 0 Å². The number of ketones is 1. The lowest BCUT2D eigenvalue weighted by atomic mass is 9.98. The quantitative estimate of drug-likeness (QED) is 0.629. The third-order valence-electron chi connectivity index (χ3n) is 3.64. The summed E-state index contributed by atoms with van der Waals surface area (Å²) in [7, 11) is 0. The first-order valence-corrected chi connectivity index (χ1v) is 7.37. The third kappa shape index (κ3) is 3.23. The van der Waals surface area contributed by atoms with E-state index in [2.05, 4.69) is 17.1 Å². The van der Waals surface area contributed by atoms with Crippen LogP contribution in [0.15, 0.2) is 60.7 Å². The van der Waals surface area contributed by atoms with Gasteiger partial charge in [-0.1, -0.05) is 60.2 Å². The highest BCUT2D eigenvalue weighted by Gasteiger charge is 2.16. The number of benzene rings is 2. The predicted molar refractivity (Wildman–Crippen MR) is 85.7 cm³/mol. The van der Waals surface area contributed by atoms with Crippen LogP contribution in [-0.4, -0.2) is 23.8 Å². The maximum atomic E-state index is 12.7. The fraction of sp³-hybridized carbons (Fsp3) is 0.167. The maximum absolute atomic E-state index is 12.7. The summed E-state index contributed by atoms with van der Waals surface area (Å²) in [5.41, 5.74) is 2.45. The first kappa shape index (κ1) is 14.1. The summed E-state index contributed by atoms with van der Waals surface area (Å²) in [6.07, 6.45) is 4.31. The summed E-state index contributed by atoms with van der Waals surface area (Å²) in [4.78, 5) is 15.0. The molecule has 0 radical (unpaired) electrons. The van der Waals surface area contributed by atoms with Gasteiger partial charge in [-0.05, 0) is 17.7 Å².